The molecule has 1 heterocycles. The zero-order valence-electron chi connectivity index (χ0n) is 13.1. The van der Waals surface area contributed by atoms with Crippen LogP contribution < -0.4 is 5.32 Å². The fourth-order valence-corrected chi connectivity index (χ4v) is 4.79. The maximum atomic E-state index is 12.6. The Kier molecular flexibility index (Phi) is 4.17. The molecule has 2 bridgehead atoms. The Morgan fingerprint density at radius 1 is 1.33 bits per heavy atom. The Hall–Kier alpha value is -0.770. The van der Waals surface area contributed by atoms with Crippen molar-refractivity contribution < 1.29 is 4.79 Å². The van der Waals surface area contributed by atoms with Crippen LogP contribution in [-0.2, 0) is 0 Å². The summed E-state index contributed by atoms with van der Waals surface area (Å²) in [5, 5.41) is 3.25. The number of carbonyl (C=O) groups is 1. The molecule has 3 nitrogen and oxygen atoms in total. The molecule has 1 amide bonds. The molecule has 1 aromatic heterocycles. The Bertz CT molecular complexity index is 537. The van der Waals surface area contributed by atoms with Crippen molar-refractivity contribution in [1.82, 2.24) is 9.88 Å². The van der Waals surface area contributed by atoms with Gasteiger partial charge in [-0.2, -0.15) is 0 Å². The molecule has 4 atom stereocenters. The van der Waals surface area contributed by atoms with Crippen molar-refractivity contribution in [2.45, 2.75) is 58.5 Å². The SMILES string of the molecule is CC(NC(=O)c1cc(Br)cn1C(C)C)C1CC2CCC1C2. The Morgan fingerprint density at radius 2 is 2.10 bits per heavy atom. The summed E-state index contributed by atoms with van der Waals surface area (Å²) in [6, 6.07) is 2.49. The Morgan fingerprint density at radius 3 is 2.67 bits per heavy atom. The van der Waals surface area contributed by atoms with E-state index >= 15 is 0 Å². The number of fused-ring (bicyclic) bond motifs is 2. The van der Waals surface area contributed by atoms with Crippen LogP contribution in [0.4, 0.5) is 0 Å². The monoisotopic (exact) mass is 352 g/mol. The molecule has 0 spiro atoms. The van der Waals surface area contributed by atoms with Gasteiger partial charge in [-0.15, -0.1) is 0 Å². The number of hydrogen-bond donors (Lipinski definition) is 1. The minimum Gasteiger partial charge on any atom is -0.348 e. The predicted molar refractivity (Wildman–Crippen MR) is 88.4 cm³/mol. The fourth-order valence-electron chi connectivity index (χ4n) is 4.35. The lowest BCUT2D eigenvalue weighted by molar-refractivity contribution is 0.0904. The minimum absolute atomic E-state index is 0.0599. The van der Waals surface area contributed by atoms with Crippen molar-refractivity contribution in [2.24, 2.45) is 17.8 Å². The lowest BCUT2D eigenvalue weighted by atomic mass is 9.84. The van der Waals surface area contributed by atoms with Gasteiger partial charge in [0.15, 0.2) is 0 Å². The second-order valence-corrected chi connectivity index (χ2v) is 8.06. The standard InChI is InChI=1S/C17H25BrN2O/c1-10(2)20-9-14(18)8-16(20)17(21)19-11(3)15-7-12-4-5-13(15)6-12/h8-13,15H,4-7H2,1-3H3,(H,19,21). The first-order valence-electron chi connectivity index (χ1n) is 8.14. The van der Waals surface area contributed by atoms with Crippen LogP contribution in [-0.4, -0.2) is 16.5 Å². The number of nitrogens with one attached hydrogen (secondary N) is 1. The predicted octanol–water partition coefficient (Wildman–Crippen LogP) is 4.39. The van der Waals surface area contributed by atoms with Gasteiger partial charge in [0.2, 0.25) is 0 Å². The highest BCUT2D eigenvalue weighted by atomic mass is 79.9. The molecule has 0 saturated heterocycles. The van der Waals surface area contributed by atoms with Crippen molar-refractivity contribution in [3.8, 4) is 0 Å². The summed E-state index contributed by atoms with van der Waals surface area (Å²) >= 11 is 3.48. The highest BCUT2D eigenvalue weighted by Gasteiger charge is 2.42. The third-order valence-corrected chi connectivity index (χ3v) is 5.83. The average Bonchev–Trinajstić information content (AvgIpc) is 3.12. The van der Waals surface area contributed by atoms with Crippen molar-refractivity contribution in [3.05, 3.63) is 22.4 Å². The molecule has 2 aliphatic rings. The van der Waals surface area contributed by atoms with E-state index in [9.17, 15) is 4.79 Å². The summed E-state index contributed by atoms with van der Waals surface area (Å²) in [5.41, 5.74) is 0.756. The third-order valence-electron chi connectivity index (χ3n) is 5.40. The molecule has 1 N–H and O–H groups in total. The molecule has 0 aromatic carbocycles. The summed E-state index contributed by atoms with van der Waals surface area (Å²) in [6.07, 6.45) is 7.45. The van der Waals surface area contributed by atoms with Crippen LogP contribution in [0, 0.1) is 17.8 Å². The molecule has 116 valence electrons. The van der Waals surface area contributed by atoms with Crippen LogP contribution in [0.3, 0.4) is 0 Å². The first kappa shape index (κ1) is 15.1. The second-order valence-electron chi connectivity index (χ2n) is 7.15. The van der Waals surface area contributed by atoms with Crippen molar-refractivity contribution >= 4 is 21.8 Å². The maximum Gasteiger partial charge on any atom is 0.268 e. The number of carbonyl (C=O) groups excluding carboxylic acids is 1. The molecule has 0 radical (unpaired) electrons. The molecule has 1 aromatic rings. The molecular weight excluding hydrogens is 328 g/mol. The van der Waals surface area contributed by atoms with Gasteiger partial charge in [-0.25, -0.2) is 0 Å². The third kappa shape index (κ3) is 2.92. The number of rotatable bonds is 4. The minimum atomic E-state index is 0.0599. The first-order valence-corrected chi connectivity index (χ1v) is 8.93. The van der Waals surface area contributed by atoms with Crippen LogP contribution >= 0.6 is 15.9 Å². The topological polar surface area (TPSA) is 34.0 Å². The van der Waals surface area contributed by atoms with E-state index in [0.717, 1.165) is 22.0 Å². The van der Waals surface area contributed by atoms with Crippen molar-refractivity contribution in [3.63, 3.8) is 0 Å². The van der Waals surface area contributed by atoms with Crippen LogP contribution in [0.5, 0.6) is 0 Å². The van der Waals surface area contributed by atoms with Crippen LogP contribution in [0.1, 0.15) is 63.0 Å². The smallest absolute Gasteiger partial charge is 0.268 e. The van der Waals surface area contributed by atoms with Gasteiger partial charge < -0.3 is 9.88 Å². The van der Waals surface area contributed by atoms with Crippen LogP contribution in [0.15, 0.2) is 16.7 Å². The number of aromatic nitrogens is 1. The summed E-state index contributed by atoms with van der Waals surface area (Å²) in [7, 11) is 0. The van der Waals surface area contributed by atoms with E-state index < -0.39 is 0 Å². The zero-order chi connectivity index (χ0) is 15.1. The summed E-state index contributed by atoms with van der Waals surface area (Å²) in [5.74, 6) is 2.50. The van der Waals surface area contributed by atoms with Gasteiger partial charge in [0.05, 0.1) is 0 Å². The fraction of sp³-hybridized carbons (Fsp3) is 0.706. The lowest BCUT2D eigenvalue weighted by Crippen LogP contribution is -2.40. The van der Waals surface area contributed by atoms with E-state index in [2.05, 4.69) is 42.0 Å². The van der Waals surface area contributed by atoms with Crippen molar-refractivity contribution in [1.29, 1.82) is 0 Å². The summed E-state index contributed by atoms with van der Waals surface area (Å²) in [4.78, 5) is 12.6. The maximum absolute atomic E-state index is 12.6. The average molecular weight is 353 g/mol. The van der Waals surface area contributed by atoms with E-state index in [1.54, 1.807) is 0 Å². The van der Waals surface area contributed by atoms with Crippen molar-refractivity contribution in [2.75, 3.05) is 0 Å². The van der Waals surface area contributed by atoms with Crippen LogP contribution in [0.25, 0.3) is 0 Å². The van der Waals surface area contributed by atoms with Gasteiger partial charge in [-0.1, -0.05) is 6.42 Å². The van der Waals surface area contributed by atoms with Gasteiger partial charge in [0, 0.05) is 22.8 Å². The summed E-state index contributed by atoms with van der Waals surface area (Å²) in [6.45, 7) is 6.38. The molecule has 0 aliphatic heterocycles. The Labute approximate surface area is 135 Å². The van der Waals surface area contributed by atoms with E-state index in [1.165, 1.54) is 25.7 Å². The van der Waals surface area contributed by atoms with Gasteiger partial charge in [0.25, 0.3) is 5.91 Å². The van der Waals surface area contributed by atoms with Gasteiger partial charge >= 0.3 is 0 Å². The van der Waals surface area contributed by atoms with Gasteiger partial charge in [-0.3, -0.25) is 4.79 Å². The highest BCUT2D eigenvalue weighted by Crippen LogP contribution is 2.49. The quantitative estimate of drug-likeness (QED) is 0.856. The normalized spacial score (nSPS) is 29.1. The van der Waals surface area contributed by atoms with Gasteiger partial charge in [-0.05, 0) is 79.8 Å². The second kappa shape index (κ2) is 5.79. The lowest BCUT2D eigenvalue weighted by Gasteiger charge is -2.28. The molecule has 4 unspecified atom stereocenters. The number of nitrogens with zero attached hydrogens (tertiary/aromatic N) is 1. The molecule has 4 heteroatoms. The first-order chi connectivity index (χ1) is 9.95. The van der Waals surface area contributed by atoms with Crippen LogP contribution in [0.2, 0.25) is 0 Å². The van der Waals surface area contributed by atoms with E-state index in [-0.39, 0.29) is 18.0 Å². The molecular formula is C17H25BrN2O. The molecule has 2 saturated carbocycles. The number of amides is 1. The number of halogens is 1. The Balaban J connectivity index is 1.69. The molecule has 3 rings (SSSR count). The molecule has 21 heavy (non-hydrogen) atoms. The largest absolute Gasteiger partial charge is 0.348 e. The van der Waals surface area contributed by atoms with E-state index in [0.29, 0.717) is 5.92 Å². The summed E-state index contributed by atoms with van der Waals surface area (Å²) < 4.78 is 3.00. The zero-order valence-corrected chi connectivity index (χ0v) is 14.7. The number of hydrogen-bond acceptors (Lipinski definition) is 1. The van der Waals surface area contributed by atoms with Gasteiger partial charge in [0.1, 0.15) is 5.69 Å². The van der Waals surface area contributed by atoms with E-state index in [4.69, 9.17) is 0 Å². The molecule has 2 aliphatic carbocycles. The molecule has 2 fully saturated rings. The van der Waals surface area contributed by atoms with E-state index in [1.807, 2.05) is 16.8 Å². The highest BCUT2D eigenvalue weighted by molar-refractivity contribution is 9.10.